The molecular formula is C14H20F3N3O. The third-order valence-electron chi connectivity index (χ3n) is 2.30. The van der Waals surface area contributed by atoms with Gasteiger partial charge in [-0.05, 0) is 24.3 Å². The second-order valence-corrected chi connectivity index (χ2v) is 3.70. The van der Waals surface area contributed by atoms with Crippen molar-refractivity contribution in [1.29, 1.82) is 0 Å². The number of nitrogens with two attached hydrogens (primary N) is 3. The average Bonchev–Trinajstić information content (AvgIpc) is 2.45. The second kappa shape index (κ2) is 8.08. The van der Waals surface area contributed by atoms with Crippen molar-refractivity contribution in [3.05, 3.63) is 47.3 Å². The van der Waals surface area contributed by atoms with Gasteiger partial charge in [-0.3, -0.25) is 0 Å². The Morgan fingerprint density at radius 2 is 1.67 bits per heavy atom. The van der Waals surface area contributed by atoms with Crippen LogP contribution in [-0.4, -0.2) is 7.11 Å². The van der Waals surface area contributed by atoms with E-state index in [2.05, 4.69) is 0 Å². The van der Waals surface area contributed by atoms with Crippen molar-refractivity contribution >= 4 is 5.70 Å². The predicted molar refractivity (Wildman–Crippen MR) is 78.0 cm³/mol. The first-order valence-corrected chi connectivity index (χ1v) is 6.19. The van der Waals surface area contributed by atoms with Gasteiger partial charge in [0.05, 0.1) is 18.5 Å². The Morgan fingerprint density at radius 3 is 2.10 bits per heavy atom. The van der Waals surface area contributed by atoms with Gasteiger partial charge in [0.1, 0.15) is 5.75 Å². The molecule has 7 heteroatoms. The summed E-state index contributed by atoms with van der Waals surface area (Å²) in [6.45, 7) is 4.00. The number of halogens is 3. The Hall–Kier alpha value is -2.31. The van der Waals surface area contributed by atoms with Gasteiger partial charge in [-0.1, -0.05) is 19.9 Å². The number of allylic oxidation sites excluding steroid dienone is 2. The first-order chi connectivity index (χ1) is 9.75. The van der Waals surface area contributed by atoms with Crippen LogP contribution in [0.25, 0.3) is 5.70 Å². The SMILES string of the molecule is CC.COc1cc(/C(N)=C/C=C(N)N)ccc1C(F)(F)F. The van der Waals surface area contributed by atoms with Crippen molar-refractivity contribution in [3.8, 4) is 5.75 Å². The number of ether oxygens (including phenoxy) is 1. The van der Waals surface area contributed by atoms with Gasteiger partial charge in [0, 0.05) is 11.3 Å². The molecule has 0 aliphatic heterocycles. The number of alkyl halides is 3. The fourth-order valence-corrected chi connectivity index (χ4v) is 1.39. The fraction of sp³-hybridized carbons (Fsp3) is 0.286. The summed E-state index contributed by atoms with van der Waals surface area (Å²) in [6.07, 6.45) is -1.74. The molecule has 1 rings (SSSR count). The number of methoxy groups -OCH3 is 1. The molecule has 0 fully saturated rings. The Bertz CT molecular complexity index is 519. The van der Waals surface area contributed by atoms with E-state index in [1.165, 1.54) is 24.3 Å². The zero-order valence-electron chi connectivity index (χ0n) is 12.2. The third kappa shape index (κ3) is 5.68. The minimum Gasteiger partial charge on any atom is -0.496 e. The van der Waals surface area contributed by atoms with Crippen LogP contribution in [0, 0.1) is 0 Å². The molecule has 6 N–H and O–H groups in total. The highest BCUT2D eigenvalue weighted by atomic mass is 19.4. The van der Waals surface area contributed by atoms with Crippen LogP contribution in [0.1, 0.15) is 25.0 Å². The van der Waals surface area contributed by atoms with Crippen molar-refractivity contribution in [3.63, 3.8) is 0 Å². The summed E-state index contributed by atoms with van der Waals surface area (Å²) < 4.78 is 42.7. The van der Waals surface area contributed by atoms with E-state index in [1.54, 1.807) is 0 Å². The number of benzene rings is 1. The van der Waals surface area contributed by atoms with Gasteiger partial charge < -0.3 is 21.9 Å². The van der Waals surface area contributed by atoms with Gasteiger partial charge in [0.25, 0.3) is 0 Å². The normalized spacial score (nSPS) is 11.2. The first kappa shape index (κ1) is 18.7. The molecule has 0 bridgehead atoms. The molecule has 0 heterocycles. The smallest absolute Gasteiger partial charge is 0.419 e. The highest BCUT2D eigenvalue weighted by Crippen LogP contribution is 2.37. The van der Waals surface area contributed by atoms with E-state index in [0.717, 1.165) is 13.2 Å². The maximum Gasteiger partial charge on any atom is 0.419 e. The van der Waals surface area contributed by atoms with E-state index < -0.39 is 11.7 Å². The molecule has 0 atom stereocenters. The molecular weight excluding hydrogens is 283 g/mol. The van der Waals surface area contributed by atoms with Gasteiger partial charge in [-0.2, -0.15) is 13.2 Å². The molecule has 118 valence electrons. The van der Waals surface area contributed by atoms with Crippen LogP contribution >= 0.6 is 0 Å². The molecule has 0 saturated carbocycles. The Balaban J connectivity index is 0.00000191. The lowest BCUT2D eigenvalue weighted by atomic mass is 10.1. The molecule has 0 aromatic heterocycles. The zero-order valence-corrected chi connectivity index (χ0v) is 12.2. The van der Waals surface area contributed by atoms with Crippen LogP contribution in [0.5, 0.6) is 5.75 Å². The lowest BCUT2D eigenvalue weighted by Crippen LogP contribution is -2.09. The molecule has 1 aromatic rings. The Labute approximate surface area is 122 Å². The highest BCUT2D eigenvalue weighted by Gasteiger charge is 2.34. The Morgan fingerprint density at radius 1 is 1.10 bits per heavy atom. The molecule has 0 radical (unpaired) electrons. The summed E-state index contributed by atoms with van der Waals surface area (Å²) in [6, 6.07) is 3.36. The summed E-state index contributed by atoms with van der Waals surface area (Å²) >= 11 is 0. The second-order valence-electron chi connectivity index (χ2n) is 3.70. The van der Waals surface area contributed by atoms with Gasteiger partial charge >= 0.3 is 6.18 Å². The predicted octanol–water partition coefficient (Wildman–Crippen LogP) is 2.80. The molecule has 4 nitrogen and oxygen atoms in total. The molecule has 1 aromatic carbocycles. The van der Waals surface area contributed by atoms with Crippen molar-refractivity contribution < 1.29 is 17.9 Å². The molecule has 0 aliphatic carbocycles. The van der Waals surface area contributed by atoms with Crippen LogP contribution in [0.15, 0.2) is 36.2 Å². The molecule has 21 heavy (non-hydrogen) atoms. The third-order valence-corrected chi connectivity index (χ3v) is 2.30. The van der Waals surface area contributed by atoms with Crippen molar-refractivity contribution in [2.24, 2.45) is 17.2 Å². The molecule has 0 unspecified atom stereocenters. The Kier molecular flexibility index (Phi) is 7.19. The van der Waals surface area contributed by atoms with Crippen LogP contribution in [0.2, 0.25) is 0 Å². The lowest BCUT2D eigenvalue weighted by molar-refractivity contribution is -0.138. The number of hydrogen-bond acceptors (Lipinski definition) is 4. The van der Waals surface area contributed by atoms with E-state index in [4.69, 9.17) is 21.9 Å². The summed E-state index contributed by atoms with van der Waals surface area (Å²) in [5.41, 5.74) is 15.9. The van der Waals surface area contributed by atoms with Crippen LogP contribution in [0.3, 0.4) is 0 Å². The van der Waals surface area contributed by atoms with E-state index in [1.807, 2.05) is 13.8 Å². The number of hydrogen-bond donors (Lipinski definition) is 3. The minimum atomic E-state index is -4.48. The van der Waals surface area contributed by atoms with Crippen molar-refractivity contribution in [2.45, 2.75) is 20.0 Å². The summed E-state index contributed by atoms with van der Waals surface area (Å²) in [4.78, 5) is 0. The topological polar surface area (TPSA) is 87.3 Å². The fourth-order valence-electron chi connectivity index (χ4n) is 1.39. The van der Waals surface area contributed by atoms with Gasteiger partial charge in [0.2, 0.25) is 0 Å². The minimum absolute atomic E-state index is 0.0434. The summed E-state index contributed by atoms with van der Waals surface area (Å²) in [5.74, 6) is -0.257. The largest absolute Gasteiger partial charge is 0.496 e. The molecule has 0 spiro atoms. The van der Waals surface area contributed by atoms with Gasteiger partial charge in [0.15, 0.2) is 0 Å². The lowest BCUT2D eigenvalue weighted by Gasteiger charge is -2.13. The summed E-state index contributed by atoms with van der Waals surface area (Å²) in [5, 5.41) is 0. The maximum absolute atomic E-state index is 12.7. The number of rotatable bonds is 3. The molecule has 0 saturated heterocycles. The standard InChI is InChI=1S/C12H14F3N3O.C2H6/c1-19-10-6-7(9(16)4-5-11(17)18)2-3-8(10)12(13,14)15;1-2/h2-6H,16-18H2,1H3;1-2H3/b9-4-;. The summed E-state index contributed by atoms with van der Waals surface area (Å²) in [7, 11) is 1.16. The maximum atomic E-state index is 12.7. The van der Waals surface area contributed by atoms with Gasteiger partial charge in [-0.15, -0.1) is 0 Å². The van der Waals surface area contributed by atoms with Crippen LogP contribution in [0.4, 0.5) is 13.2 Å². The quantitative estimate of drug-likeness (QED) is 0.749. The van der Waals surface area contributed by atoms with Crippen molar-refractivity contribution in [1.82, 2.24) is 0 Å². The van der Waals surface area contributed by atoms with E-state index in [-0.39, 0.29) is 17.3 Å². The van der Waals surface area contributed by atoms with E-state index in [9.17, 15) is 13.2 Å². The average molecular weight is 303 g/mol. The van der Waals surface area contributed by atoms with Crippen molar-refractivity contribution in [2.75, 3.05) is 7.11 Å². The monoisotopic (exact) mass is 303 g/mol. The van der Waals surface area contributed by atoms with E-state index >= 15 is 0 Å². The first-order valence-electron chi connectivity index (χ1n) is 6.19. The molecule has 0 aliphatic rings. The van der Waals surface area contributed by atoms with Crippen LogP contribution < -0.4 is 21.9 Å². The highest BCUT2D eigenvalue weighted by molar-refractivity contribution is 5.66. The molecule has 0 amide bonds. The van der Waals surface area contributed by atoms with Gasteiger partial charge in [-0.25, -0.2) is 0 Å². The van der Waals surface area contributed by atoms with E-state index in [0.29, 0.717) is 5.56 Å². The van der Waals surface area contributed by atoms with Crippen LogP contribution in [-0.2, 0) is 6.18 Å². The zero-order chi connectivity index (χ0) is 16.6.